The SMILES string of the molecule is CC(C)CCCC(C)C1CCC2C3CC=C4CC(OCCC(C)C(=O)C(C)C)CCC4(C)C3CCC12C. The molecule has 9 atom stereocenters. The first kappa shape index (κ1) is 29.4. The number of rotatable bonds is 11. The summed E-state index contributed by atoms with van der Waals surface area (Å²) < 4.78 is 6.39. The molecule has 0 bridgehead atoms. The second-order valence-electron chi connectivity index (χ2n) is 15.3. The van der Waals surface area contributed by atoms with Crippen LogP contribution in [-0.4, -0.2) is 18.5 Å². The van der Waals surface area contributed by atoms with Crippen molar-refractivity contribution in [3.05, 3.63) is 11.6 Å². The first-order chi connectivity index (χ1) is 17.5. The highest BCUT2D eigenvalue weighted by Crippen LogP contribution is 2.67. The predicted octanol–water partition coefficient (Wildman–Crippen LogP) is 9.66. The Bertz CT molecular complexity index is 810. The van der Waals surface area contributed by atoms with Crippen molar-refractivity contribution in [1.82, 2.24) is 0 Å². The summed E-state index contributed by atoms with van der Waals surface area (Å²) >= 11 is 0. The second-order valence-corrected chi connectivity index (χ2v) is 15.3. The molecule has 4 rings (SSSR count). The van der Waals surface area contributed by atoms with Gasteiger partial charge in [0.2, 0.25) is 0 Å². The third-order valence-corrected chi connectivity index (χ3v) is 12.2. The van der Waals surface area contributed by atoms with Crippen LogP contribution in [0.1, 0.15) is 132 Å². The maximum Gasteiger partial charge on any atom is 0.138 e. The van der Waals surface area contributed by atoms with E-state index in [1.807, 2.05) is 13.8 Å². The third kappa shape index (κ3) is 5.95. The van der Waals surface area contributed by atoms with Gasteiger partial charge >= 0.3 is 0 Å². The van der Waals surface area contributed by atoms with Gasteiger partial charge in [0, 0.05) is 18.4 Å². The lowest BCUT2D eigenvalue weighted by molar-refractivity contribution is -0.126. The van der Waals surface area contributed by atoms with Gasteiger partial charge in [-0.3, -0.25) is 4.79 Å². The molecule has 0 radical (unpaired) electrons. The maximum atomic E-state index is 12.3. The number of carbonyl (C=O) groups excluding carboxylic acids is 1. The lowest BCUT2D eigenvalue weighted by Crippen LogP contribution is -2.51. The summed E-state index contributed by atoms with van der Waals surface area (Å²) in [4.78, 5) is 12.3. The van der Waals surface area contributed by atoms with Crippen LogP contribution in [0, 0.1) is 58.2 Å². The molecule has 0 N–H and O–H groups in total. The summed E-state index contributed by atoms with van der Waals surface area (Å²) in [7, 11) is 0. The molecule has 0 saturated heterocycles. The molecule has 0 spiro atoms. The van der Waals surface area contributed by atoms with E-state index < -0.39 is 0 Å². The maximum absolute atomic E-state index is 12.3. The molecule has 2 nitrogen and oxygen atoms in total. The minimum atomic E-state index is 0.119. The Hall–Kier alpha value is -0.630. The van der Waals surface area contributed by atoms with Gasteiger partial charge in [0.15, 0.2) is 0 Å². The van der Waals surface area contributed by atoms with Crippen molar-refractivity contribution in [2.75, 3.05) is 6.61 Å². The molecule has 0 aliphatic heterocycles. The van der Waals surface area contributed by atoms with Crippen molar-refractivity contribution in [1.29, 1.82) is 0 Å². The Labute approximate surface area is 230 Å². The Morgan fingerprint density at radius 2 is 1.70 bits per heavy atom. The number of ether oxygens (including phenoxy) is 1. The summed E-state index contributed by atoms with van der Waals surface area (Å²) in [5.41, 5.74) is 2.69. The quantitative estimate of drug-likeness (QED) is 0.258. The first-order valence-electron chi connectivity index (χ1n) is 16.3. The van der Waals surface area contributed by atoms with Crippen LogP contribution < -0.4 is 0 Å². The Balaban J connectivity index is 1.35. The van der Waals surface area contributed by atoms with Crippen LogP contribution in [0.15, 0.2) is 11.6 Å². The normalized spacial score (nSPS) is 39.1. The van der Waals surface area contributed by atoms with Gasteiger partial charge in [-0.2, -0.15) is 0 Å². The van der Waals surface area contributed by atoms with Gasteiger partial charge in [-0.05, 0) is 104 Å². The molecule has 9 unspecified atom stereocenters. The fraction of sp³-hybridized carbons (Fsp3) is 0.914. The highest BCUT2D eigenvalue weighted by molar-refractivity contribution is 5.82. The van der Waals surface area contributed by atoms with Gasteiger partial charge in [0.1, 0.15) is 5.78 Å². The Kier molecular flexibility index (Phi) is 9.40. The molecule has 0 aromatic heterocycles. The van der Waals surface area contributed by atoms with Gasteiger partial charge in [0.25, 0.3) is 0 Å². The highest BCUT2D eigenvalue weighted by atomic mass is 16.5. The largest absolute Gasteiger partial charge is 0.378 e. The standard InChI is InChI=1S/C35H60O2/c1-23(2)10-9-11-25(5)30-14-15-31-29-13-12-27-22-28(37-21-18-26(6)33(36)24(3)4)16-19-34(27,7)32(29)17-20-35(30,31)8/h12,23-26,28-32H,9-11,13-22H2,1-8H3. The minimum Gasteiger partial charge on any atom is -0.378 e. The summed E-state index contributed by atoms with van der Waals surface area (Å²) in [6.07, 6.45) is 19.0. The van der Waals surface area contributed by atoms with E-state index in [1.54, 1.807) is 5.57 Å². The first-order valence-corrected chi connectivity index (χ1v) is 16.3. The molecule has 4 aliphatic carbocycles. The zero-order chi connectivity index (χ0) is 27.0. The van der Waals surface area contributed by atoms with Crippen LogP contribution in [0.5, 0.6) is 0 Å². The molecule has 0 heterocycles. The monoisotopic (exact) mass is 512 g/mol. The van der Waals surface area contributed by atoms with E-state index in [9.17, 15) is 4.79 Å². The number of carbonyl (C=O) groups is 1. The molecule has 0 amide bonds. The van der Waals surface area contributed by atoms with Crippen LogP contribution >= 0.6 is 0 Å². The Morgan fingerprint density at radius 1 is 0.946 bits per heavy atom. The zero-order valence-corrected chi connectivity index (χ0v) is 25.8. The molecule has 212 valence electrons. The molecule has 4 aliphatic rings. The number of ketones is 1. The van der Waals surface area contributed by atoms with Crippen LogP contribution in [0.2, 0.25) is 0 Å². The van der Waals surface area contributed by atoms with E-state index in [0.29, 0.717) is 22.7 Å². The Morgan fingerprint density at radius 3 is 2.41 bits per heavy atom. The molecular weight excluding hydrogens is 452 g/mol. The van der Waals surface area contributed by atoms with Crippen molar-refractivity contribution in [2.24, 2.45) is 58.2 Å². The van der Waals surface area contributed by atoms with Gasteiger partial charge < -0.3 is 4.74 Å². The molecular formula is C35H60O2. The number of fused-ring (bicyclic) bond motifs is 5. The van der Waals surface area contributed by atoms with E-state index in [2.05, 4.69) is 47.6 Å². The van der Waals surface area contributed by atoms with Crippen molar-refractivity contribution < 1.29 is 9.53 Å². The smallest absolute Gasteiger partial charge is 0.138 e. The average molecular weight is 513 g/mol. The van der Waals surface area contributed by atoms with Gasteiger partial charge in [-0.25, -0.2) is 0 Å². The minimum absolute atomic E-state index is 0.119. The van der Waals surface area contributed by atoms with E-state index in [1.165, 1.54) is 64.2 Å². The van der Waals surface area contributed by atoms with Crippen LogP contribution in [-0.2, 0) is 9.53 Å². The van der Waals surface area contributed by atoms with E-state index in [4.69, 9.17) is 4.74 Å². The molecule has 0 aromatic carbocycles. The van der Waals surface area contributed by atoms with Crippen molar-refractivity contribution in [3.8, 4) is 0 Å². The van der Waals surface area contributed by atoms with E-state index in [-0.39, 0.29) is 11.8 Å². The topological polar surface area (TPSA) is 26.3 Å². The molecule has 3 saturated carbocycles. The van der Waals surface area contributed by atoms with Crippen LogP contribution in [0.4, 0.5) is 0 Å². The number of hydrogen-bond donors (Lipinski definition) is 0. The summed E-state index contributed by atoms with van der Waals surface area (Å²) in [5, 5.41) is 0. The van der Waals surface area contributed by atoms with Crippen LogP contribution in [0.25, 0.3) is 0 Å². The lowest BCUT2D eigenvalue weighted by atomic mass is 9.47. The highest BCUT2D eigenvalue weighted by Gasteiger charge is 2.59. The third-order valence-electron chi connectivity index (χ3n) is 12.2. The van der Waals surface area contributed by atoms with Crippen molar-refractivity contribution in [2.45, 2.75) is 139 Å². The fourth-order valence-corrected chi connectivity index (χ4v) is 9.92. The predicted molar refractivity (Wildman–Crippen MR) is 156 cm³/mol. The van der Waals surface area contributed by atoms with Crippen molar-refractivity contribution in [3.63, 3.8) is 0 Å². The summed E-state index contributed by atoms with van der Waals surface area (Å²) in [5.74, 6) is 6.03. The second kappa shape index (κ2) is 11.9. The van der Waals surface area contributed by atoms with E-state index in [0.717, 1.165) is 55.0 Å². The van der Waals surface area contributed by atoms with Gasteiger partial charge in [-0.1, -0.05) is 86.3 Å². The van der Waals surface area contributed by atoms with Crippen molar-refractivity contribution >= 4 is 5.78 Å². The summed E-state index contributed by atoms with van der Waals surface area (Å²) in [6.45, 7) is 19.5. The molecule has 3 fully saturated rings. The fourth-order valence-electron chi connectivity index (χ4n) is 9.92. The molecule has 2 heteroatoms. The van der Waals surface area contributed by atoms with Crippen LogP contribution in [0.3, 0.4) is 0 Å². The lowest BCUT2D eigenvalue weighted by Gasteiger charge is -2.58. The van der Waals surface area contributed by atoms with Gasteiger partial charge in [0.05, 0.1) is 6.10 Å². The zero-order valence-electron chi connectivity index (χ0n) is 25.8. The number of Topliss-reactive ketones (excluding diaryl/α,β-unsaturated/α-hetero) is 1. The molecule has 0 aromatic rings. The molecule has 37 heavy (non-hydrogen) atoms. The average Bonchev–Trinajstić information content (AvgIpc) is 3.20. The number of allylic oxidation sites excluding steroid dienone is 1. The van der Waals surface area contributed by atoms with E-state index >= 15 is 0 Å². The number of hydrogen-bond acceptors (Lipinski definition) is 2. The van der Waals surface area contributed by atoms with Gasteiger partial charge in [-0.15, -0.1) is 0 Å². The summed E-state index contributed by atoms with van der Waals surface area (Å²) in [6, 6.07) is 0.